The van der Waals surface area contributed by atoms with Crippen LogP contribution in [0.5, 0.6) is 23.0 Å². The first-order valence-electron chi connectivity index (χ1n) is 15.4. The molecular weight excluding hydrogens is 562 g/mol. The zero-order valence-corrected chi connectivity index (χ0v) is 25.6. The molecule has 0 spiro atoms. The van der Waals surface area contributed by atoms with E-state index in [0.29, 0.717) is 102 Å². The minimum Gasteiger partial charge on any atom is -0.487 e. The third-order valence-electron chi connectivity index (χ3n) is 6.71. The van der Waals surface area contributed by atoms with Gasteiger partial charge in [-0.05, 0) is 42.3 Å². The Morgan fingerprint density at radius 1 is 0.477 bits per heavy atom. The predicted octanol–water partition coefficient (Wildman–Crippen LogP) is 3.97. The third kappa shape index (κ3) is 12.6. The van der Waals surface area contributed by atoms with Crippen molar-refractivity contribution in [2.24, 2.45) is 0 Å². The lowest BCUT2D eigenvalue weighted by molar-refractivity contribution is -0.686. The number of benzene rings is 3. The highest BCUT2D eigenvalue weighted by Gasteiger charge is 2.10. The SMILES string of the molecule is C=CCc1ccc(C[NH2+]Cc2ccc3c(c2)OCCOCCOCCOc2ccccc2OCCOCCOCCO3)cc1. The first-order valence-corrected chi connectivity index (χ1v) is 15.4. The van der Waals surface area contributed by atoms with Crippen LogP contribution in [0.2, 0.25) is 0 Å². The Labute approximate surface area is 261 Å². The molecule has 3 aromatic rings. The van der Waals surface area contributed by atoms with Gasteiger partial charge in [-0.3, -0.25) is 0 Å². The minimum atomic E-state index is 0.397. The molecule has 4 rings (SSSR count). The predicted molar refractivity (Wildman–Crippen MR) is 168 cm³/mol. The zero-order valence-electron chi connectivity index (χ0n) is 25.6. The molecule has 0 aromatic heterocycles. The van der Waals surface area contributed by atoms with Crippen molar-refractivity contribution >= 4 is 0 Å². The van der Waals surface area contributed by atoms with Gasteiger partial charge in [-0.25, -0.2) is 0 Å². The second-order valence-electron chi connectivity index (χ2n) is 10.1. The maximum atomic E-state index is 6.10. The van der Waals surface area contributed by atoms with E-state index in [9.17, 15) is 0 Å². The van der Waals surface area contributed by atoms with E-state index in [1.165, 1.54) is 11.1 Å². The minimum absolute atomic E-state index is 0.397. The molecule has 0 saturated heterocycles. The molecule has 0 bridgehead atoms. The van der Waals surface area contributed by atoms with Gasteiger partial charge in [0, 0.05) is 11.1 Å². The summed E-state index contributed by atoms with van der Waals surface area (Å²) in [5, 5.41) is 2.28. The van der Waals surface area contributed by atoms with Crippen LogP contribution < -0.4 is 24.3 Å². The van der Waals surface area contributed by atoms with E-state index in [-0.39, 0.29) is 0 Å². The van der Waals surface area contributed by atoms with Gasteiger partial charge in [-0.1, -0.05) is 42.5 Å². The number of hydrogen-bond acceptors (Lipinski definition) is 8. The molecular formula is C35H46NO8+. The van der Waals surface area contributed by atoms with Crippen molar-refractivity contribution in [2.45, 2.75) is 19.5 Å². The molecule has 1 heterocycles. The van der Waals surface area contributed by atoms with Gasteiger partial charge in [0.25, 0.3) is 0 Å². The van der Waals surface area contributed by atoms with Gasteiger partial charge in [0.2, 0.25) is 0 Å². The van der Waals surface area contributed by atoms with Crippen LogP contribution in [0.15, 0.2) is 79.4 Å². The monoisotopic (exact) mass is 608 g/mol. The average molecular weight is 609 g/mol. The van der Waals surface area contributed by atoms with Crippen LogP contribution in [-0.4, -0.2) is 79.3 Å². The van der Waals surface area contributed by atoms with E-state index in [1.54, 1.807) is 0 Å². The van der Waals surface area contributed by atoms with Gasteiger partial charge in [0.1, 0.15) is 39.5 Å². The van der Waals surface area contributed by atoms with Crippen molar-refractivity contribution in [3.05, 3.63) is 96.1 Å². The van der Waals surface area contributed by atoms with E-state index in [4.69, 9.17) is 37.9 Å². The number of allylic oxidation sites excluding steroid dienone is 1. The first kappa shape index (κ1) is 33.3. The highest BCUT2D eigenvalue weighted by Crippen LogP contribution is 2.28. The molecule has 0 saturated carbocycles. The second-order valence-corrected chi connectivity index (χ2v) is 10.1. The summed E-state index contributed by atoms with van der Waals surface area (Å²) < 4.78 is 46.5. The van der Waals surface area contributed by atoms with E-state index in [2.05, 4.69) is 42.2 Å². The molecule has 1 aliphatic heterocycles. The molecule has 238 valence electrons. The first-order chi connectivity index (χ1) is 21.8. The molecule has 44 heavy (non-hydrogen) atoms. The normalized spacial score (nSPS) is 16.4. The fourth-order valence-corrected chi connectivity index (χ4v) is 4.47. The molecule has 0 aliphatic carbocycles. The smallest absolute Gasteiger partial charge is 0.161 e. The highest BCUT2D eigenvalue weighted by molar-refractivity contribution is 5.43. The third-order valence-corrected chi connectivity index (χ3v) is 6.71. The quantitative estimate of drug-likeness (QED) is 0.421. The summed E-state index contributed by atoms with van der Waals surface area (Å²) in [7, 11) is 0. The van der Waals surface area contributed by atoms with Crippen molar-refractivity contribution in [1.82, 2.24) is 0 Å². The van der Waals surface area contributed by atoms with Gasteiger partial charge in [0.05, 0.1) is 52.9 Å². The molecule has 1 aliphatic rings. The van der Waals surface area contributed by atoms with E-state index < -0.39 is 0 Å². The number of para-hydroxylation sites is 2. The van der Waals surface area contributed by atoms with Crippen molar-refractivity contribution in [3.63, 3.8) is 0 Å². The summed E-state index contributed by atoms with van der Waals surface area (Å²) in [5.74, 6) is 2.73. The summed E-state index contributed by atoms with van der Waals surface area (Å²) in [6.07, 6.45) is 2.82. The molecule has 0 fully saturated rings. The molecule has 9 heteroatoms. The van der Waals surface area contributed by atoms with Crippen molar-refractivity contribution in [3.8, 4) is 23.0 Å². The fraction of sp³-hybridized carbons (Fsp3) is 0.429. The van der Waals surface area contributed by atoms with Crippen molar-refractivity contribution in [2.75, 3.05) is 79.3 Å². The summed E-state index contributed by atoms with van der Waals surface area (Å²) >= 11 is 0. The average Bonchev–Trinajstić information content (AvgIpc) is 3.04. The lowest BCUT2D eigenvalue weighted by Crippen LogP contribution is -2.80. The van der Waals surface area contributed by atoms with E-state index in [1.807, 2.05) is 42.5 Å². The van der Waals surface area contributed by atoms with Gasteiger partial charge in [-0.15, -0.1) is 6.58 Å². The van der Waals surface area contributed by atoms with Crippen LogP contribution in [0.25, 0.3) is 0 Å². The Balaban J connectivity index is 1.25. The highest BCUT2D eigenvalue weighted by atomic mass is 16.6. The maximum Gasteiger partial charge on any atom is 0.161 e. The van der Waals surface area contributed by atoms with Crippen molar-refractivity contribution in [1.29, 1.82) is 0 Å². The van der Waals surface area contributed by atoms with Crippen LogP contribution in [0, 0.1) is 0 Å². The Kier molecular flexibility index (Phi) is 15.4. The number of fused-ring (bicyclic) bond motifs is 2. The van der Waals surface area contributed by atoms with Gasteiger partial charge < -0.3 is 43.2 Å². The molecule has 9 nitrogen and oxygen atoms in total. The Morgan fingerprint density at radius 3 is 1.41 bits per heavy atom. The van der Waals surface area contributed by atoms with Crippen LogP contribution in [0.4, 0.5) is 0 Å². The van der Waals surface area contributed by atoms with Crippen LogP contribution >= 0.6 is 0 Å². The molecule has 0 amide bonds. The Hall–Kier alpha value is -3.60. The summed E-state index contributed by atoms with van der Waals surface area (Å²) in [5.41, 5.74) is 3.72. The lowest BCUT2D eigenvalue weighted by Gasteiger charge is -2.15. The van der Waals surface area contributed by atoms with Crippen LogP contribution in [-0.2, 0) is 38.5 Å². The van der Waals surface area contributed by atoms with Gasteiger partial charge in [0.15, 0.2) is 23.0 Å². The molecule has 0 atom stereocenters. The fourth-order valence-electron chi connectivity index (χ4n) is 4.47. The van der Waals surface area contributed by atoms with E-state index >= 15 is 0 Å². The molecule has 0 radical (unpaired) electrons. The standard InChI is InChI=1S/C35H45NO8/c1-2-5-29-8-10-30(11-9-29)27-36-28-31-12-13-34-35(26-31)44-25-21-40-17-16-38-19-23-42-33-7-4-3-6-32(33)41-22-18-37-14-15-39-20-24-43-34/h2-4,6-13,26,36H,1,5,14-25,27-28H2/p+1. The second kappa shape index (κ2) is 20.4. The largest absolute Gasteiger partial charge is 0.487 e. The number of ether oxygens (including phenoxy) is 8. The maximum absolute atomic E-state index is 6.10. The Bertz CT molecular complexity index is 1220. The number of nitrogens with two attached hydrogens (primary N) is 1. The van der Waals surface area contributed by atoms with Gasteiger partial charge >= 0.3 is 0 Å². The topological polar surface area (TPSA) is 90.5 Å². The summed E-state index contributed by atoms with van der Waals surface area (Å²) in [6, 6.07) is 22.3. The van der Waals surface area contributed by atoms with Crippen LogP contribution in [0.1, 0.15) is 16.7 Å². The zero-order chi connectivity index (χ0) is 30.5. The van der Waals surface area contributed by atoms with Crippen molar-refractivity contribution < 1.29 is 43.2 Å². The lowest BCUT2D eigenvalue weighted by atomic mass is 10.1. The summed E-state index contributed by atoms with van der Waals surface area (Å²) in [6.45, 7) is 10.8. The van der Waals surface area contributed by atoms with Gasteiger partial charge in [-0.2, -0.15) is 0 Å². The van der Waals surface area contributed by atoms with E-state index in [0.717, 1.165) is 25.1 Å². The Morgan fingerprint density at radius 2 is 0.886 bits per heavy atom. The summed E-state index contributed by atoms with van der Waals surface area (Å²) in [4.78, 5) is 0. The molecule has 2 N–H and O–H groups in total. The number of rotatable bonds is 6. The van der Waals surface area contributed by atoms with Crippen LogP contribution in [0.3, 0.4) is 0 Å². The molecule has 3 aromatic carbocycles. The number of quaternary nitrogens is 1. The number of hydrogen-bond donors (Lipinski definition) is 1. The molecule has 0 unspecified atom stereocenters.